The Bertz CT molecular complexity index is 452. The zero-order chi connectivity index (χ0) is 13.1. The van der Waals surface area contributed by atoms with Crippen LogP contribution in [-0.4, -0.2) is 26.3 Å². The molecule has 0 aromatic heterocycles. The van der Waals surface area contributed by atoms with Crippen LogP contribution in [0.25, 0.3) is 0 Å². The number of benzene rings is 1. The van der Waals surface area contributed by atoms with Crippen molar-refractivity contribution >= 4 is 10.0 Å². The first-order valence-corrected chi connectivity index (χ1v) is 7.15. The van der Waals surface area contributed by atoms with Crippen molar-refractivity contribution in [2.45, 2.75) is 31.2 Å². The van der Waals surface area contributed by atoms with Gasteiger partial charge in [-0.2, -0.15) is 0 Å². The van der Waals surface area contributed by atoms with Crippen LogP contribution in [0.4, 0.5) is 0 Å². The van der Waals surface area contributed by atoms with E-state index in [1.54, 1.807) is 31.3 Å². The average Bonchev–Trinajstić information content (AvgIpc) is 2.29. The molecule has 5 heteroatoms. The second-order valence-corrected chi connectivity index (χ2v) is 6.23. The first kappa shape index (κ1) is 14.2. The zero-order valence-corrected chi connectivity index (χ0v) is 11.4. The van der Waals surface area contributed by atoms with E-state index in [4.69, 9.17) is 5.73 Å². The Labute approximate surface area is 103 Å². The Morgan fingerprint density at radius 3 is 2.24 bits per heavy atom. The van der Waals surface area contributed by atoms with Crippen LogP contribution in [0.15, 0.2) is 29.2 Å². The third-order valence-electron chi connectivity index (χ3n) is 2.65. The summed E-state index contributed by atoms with van der Waals surface area (Å²) in [5.41, 5.74) is 6.65. The maximum absolute atomic E-state index is 12.1. The van der Waals surface area contributed by atoms with E-state index in [1.165, 1.54) is 4.31 Å². The van der Waals surface area contributed by atoms with Crippen molar-refractivity contribution < 1.29 is 8.42 Å². The molecular formula is C12H20N2O2S. The summed E-state index contributed by atoms with van der Waals surface area (Å²) in [7, 11) is -1.76. The van der Waals surface area contributed by atoms with Crippen LogP contribution < -0.4 is 5.73 Å². The average molecular weight is 256 g/mol. The Balaban J connectivity index is 3.00. The van der Waals surface area contributed by atoms with Gasteiger partial charge in [0.1, 0.15) is 0 Å². The maximum Gasteiger partial charge on any atom is 0.242 e. The van der Waals surface area contributed by atoms with E-state index in [9.17, 15) is 8.42 Å². The van der Waals surface area contributed by atoms with E-state index in [0.29, 0.717) is 11.4 Å². The van der Waals surface area contributed by atoms with Gasteiger partial charge in [0.15, 0.2) is 0 Å². The topological polar surface area (TPSA) is 63.4 Å². The van der Waals surface area contributed by atoms with Gasteiger partial charge in [0.05, 0.1) is 4.90 Å². The van der Waals surface area contributed by atoms with Crippen LogP contribution in [0, 0.1) is 0 Å². The summed E-state index contributed by atoms with van der Waals surface area (Å²) in [5, 5.41) is 0. The quantitative estimate of drug-likeness (QED) is 0.872. The highest BCUT2D eigenvalue weighted by molar-refractivity contribution is 7.89. The molecule has 0 fully saturated rings. The van der Waals surface area contributed by atoms with E-state index >= 15 is 0 Å². The van der Waals surface area contributed by atoms with Crippen molar-refractivity contribution in [3.8, 4) is 0 Å². The van der Waals surface area contributed by atoms with Crippen LogP contribution in [-0.2, 0) is 10.0 Å². The molecule has 0 spiro atoms. The van der Waals surface area contributed by atoms with E-state index in [0.717, 1.165) is 12.0 Å². The molecule has 0 aliphatic rings. The third-order valence-corrected chi connectivity index (χ3v) is 4.52. The smallest absolute Gasteiger partial charge is 0.242 e. The van der Waals surface area contributed by atoms with Gasteiger partial charge in [-0.15, -0.1) is 0 Å². The minimum atomic E-state index is -3.35. The van der Waals surface area contributed by atoms with Crippen LogP contribution in [0.3, 0.4) is 0 Å². The highest BCUT2D eigenvalue weighted by atomic mass is 32.2. The third kappa shape index (κ3) is 3.28. The summed E-state index contributed by atoms with van der Waals surface area (Å²) < 4.78 is 25.6. The maximum atomic E-state index is 12.1. The molecule has 4 nitrogen and oxygen atoms in total. The largest absolute Gasteiger partial charge is 0.324 e. The van der Waals surface area contributed by atoms with Crippen molar-refractivity contribution in [3.63, 3.8) is 0 Å². The van der Waals surface area contributed by atoms with E-state index in [-0.39, 0.29) is 6.04 Å². The van der Waals surface area contributed by atoms with Gasteiger partial charge in [0.2, 0.25) is 10.0 Å². The van der Waals surface area contributed by atoms with Crippen molar-refractivity contribution in [1.82, 2.24) is 4.31 Å². The second kappa shape index (κ2) is 5.62. The minimum Gasteiger partial charge on any atom is -0.324 e. The lowest BCUT2D eigenvalue weighted by Gasteiger charge is -2.16. The lowest BCUT2D eigenvalue weighted by Crippen LogP contribution is -2.27. The number of hydrogen-bond acceptors (Lipinski definition) is 3. The number of rotatable bonds is 5. The molecule has 1 aromatic carbocycles. The molecule has 0 amide bonds. The molecule has 1 aromatic rings. The summed E-state index contributed by atoms with van der Waals surface area (Å²) in [5.74, 6) is 0. The Morgan fingerprint density at radius 1 is 1.29 bits per heavy atom. The normalized spacial score (nSPS) is 13.9. The van der Waals surface area contributed by atoms with Crippen LogP contribution in [0.2, 0.25) is 0 Å². The molecule has 96 valence electrons. The van der Waals surface area contributed by atoms with Crippen LogP contribution >= 0.6 is 0 Å². The fraction of sp³-hybridized carbons (Fsp3) is 0.500. The van der Waals surface area contributed by atoms with Gasteiger partial charge in [-0.25, -0.2) is 12.7 Å². The Morgan fingerprint density at radius 2 is 1.82 bits per heavy atom. The predicted octanol–water partition coefficient (Wildman–Crippen LogP) is 1.74. The van der Waals surface area contributed by atoms with Gasteiger partial charge in [-0.1, -0.05) is 19.1 Å². The SMILES string of the molecule is CCCN(C)S(=O)(=O)c1ccc(C(C)N)cc1. The molecule has 0 radical (unpaired) electrons. The minimum absolute atomic E-state index is 0.0832. The lowest BCUT2D eigenvalue weighted by molar-refractivity contribution is 0.468. The summed E-state index contributed by atoms with van der Waals surface area (Å²) in [6, 6.07) is 6.66. The van der Waals surface area contributed by atoms with Crippen LogP contribution in [0.5, 0.6) is 0 Å². The first-order valence-electron chi connectivity index (χ1n) is 5.71. The molecule has 1 atom stereocenters. The number of sulfonamides is 1. The highest BCUT2D eigenvalue weighted by Crippen LogP contribution is 2.17. The number of nitrogens with zero attached hydrogens (tertiary/aromatic N) is 1. The number of nitrogens with two attached hydrogens (primary N) is 1. The predicted molar refractivity (Wildman–Crippen MR) is 69.2 cm³/mol. The van der Waals surface area contributed by atoms with Gasteiger partial charge in [-0.3, -0.25) is 0 Å². The van der Waals surface area contributed by atoms with Gasteiger partial charge >= 0.3 is 0 Å². The first-order chi connectivity index (χ1) is 7.89. The van der Waals surface area contributed by atoms with E-state index < -0.39 is 10.0 Å². The monoisotopic (exact) mass is 256 g/mol. The van der Waals surface area contributed by atoms with E-state index in [2.05, 4.69) is 0 Å². The molecule has 0 saturated heterocycles. The van der Waals surface area contributed by atoms with Gasteiger partial charge in [0, 0.05) is 19.6 Å². The van der Waals surface area contributed by atoms with E-state index in [1.807, 2.05) is 13.8 Å². The Hall–Kier alpha value is -0.910. The molecule has 0 saturated carbocycles. The standard InChI is InChI=1S/C12H20N2O2S/c1-4-9-14(3)17(15,16)12-7-5-11(6-8-12)10(2)13/h5-8,10H,4,9,13H2,1-3H3. The van der Waals surface area contributed by atoms with Crippen molar-refractivity contribution in [2.24, 2.45) is 5.73 Å². The summed E-state index contributed by atoms with van der Waals surface area (Å²) >= 11 is 0. The fourth-order valence-electron chi connectivity index (χ4n) is 1.56. The fourth-order valence-corrected chi connectivity index (χ4v) is 2.82. The van der Waals surface area contributed by atoms with Gasteiger partial charge < -0.3 is 5.73 Å². The molecular weight excluding hydrogens is 236 g/mol. The second-order valence-electron chi connectivity index (χ2n) is 4.18. The highest BCUT2D eigenvalue weighted by Gasteiger charge is 2.19. The summed E-state index contributed by atoms with van der Waals surface area (Å²) in [6.45, 7) is 4.34. The molecule has 0 aliphatic heterocycles. The molecule has 17 heavy (non-hydrogen) atoms. The lowest BCUT2D eigenvalue weighted by atomic mass is 10.1. The van der Waals surface area contributed by atoms with Gasteiger partial charge in [-0.05, 0) is 31.0 Å². The molecule has 1 rings (SSSR count). The van der Waals surface area contributed by atoms with Crippen molar-refractivity contribution in [2.75, 3.05) is 13.6 Å². The molecule has 2 N–H and O–H groups in total. The van der Waals surface area contributed by atoms with Crippen molar-refractivity contribution in [3.05, 3.63) is 29.8 Å². The number of hydrogen-bond donors (Lipinski definition) is 1. The van der Waals surface area contributed by atoms with Gasteiger partial charge in [0.25, 0.3) is 0 Å². The zero-order valence-electron chi connectivity index (χ0n) is 10.6. The molecule has 0 bridgehead atoms. The van der Waals surface area contributed by atoms with Crippen LogP contribution in [0.1, 0.15) is 31.9 Å². The molecule has 1 unspecified atom stereocenters. The molecule has 0 heterocycles. The summed E-state index contributed by atoms with van der Waals surface area (Å²) in [4.78, 5) is 0.317. The molecule has 0 aliphatic carbocycles. The Kier molecular flexibility index (Phi) is 4.68. The summed E-state index contributed by atoms with van der Waals surface area (Å²) in [6.07, 6.45) is 0.799. The van der Waals surface area contributed by atoms with Crippen molar-refractivity contribution in [1.29, 1.82) is 0 Å².